The molecule has 0 aliphatic carbocycles. The Balaban J connectivity index is 1.07. The van der Waals surface area contributed by atoms with Crippen LogP contribution >= 0.6 is 0 Å². The number of imidazole rings is 1. The van der Waals surface area contributed by atoms with Crippen LogP contribution in [0, 0.1) is 5.82 Å². The summed E-state index contributed by atoms with van der Waals surface area (Å²) in [4.78, 5) is 61.2. The zero-order valence-electron chi connectivity index (χ0n) is 25.0. The van der Waals surface area contributed by atoms with E-state index in [1.54, 1.807) is 36.8 Å². The first kappa shape index (κ1) is 29.3. The average Bonchev–Trinajstić information content (AvgIpc) is 3.76. The highest BCUT2D eigenvalue weighted by atomic mass is 19.1. The van der Waals surface area contributed by atoms with Crippen molar-refractivity contribution in [2.75, 3.05) is 10.6 Å². The minimum absolute atomic E-state index is 0.0471. The number of fused-ring (bicyclic) bond motifs is 2. The molecule has 2 unspecified atom stereocenters. The number of anilines is 2. The molecule has 11 nitrogen and oxygen atoms in total. The minimum Gasteiger partial charge on any atom is -0.374 e. The van der Waals surface area contributed by atoms with Crippen LogP contribution in [0.25, 0.3) is 0 Å². The first-order valence-corrected chi connectivity index (χ1v) is 15.4. The fourth-order valence-electron chi connectivity index (χ4n) is 6.46. The van der Waals surface area contributed by atoms with Crippen LogP contribution in [-0.4, -0.2) is 49.1 Å². The Morgan fingerprint density at radius 1 is 1.02 bits per heavy atom. The maximum absolute atomic E-state index is 15.6. The molecule has 234 valence electrons. The molecule has 3 N–H and O–H groups in total. The van der Waals surface area contributed by atoms with Gasteiger partial charge in [-0.05, 0) is 79.6 Å². The number of halogens is 1. The Morgan fingerprint density at radius 2 is 1.85 bits per heavy atom. The van der Waals surface area contributed by atoms with Crippen molar-refractivity contribution in [3.8, 4) is 0 Å². The predicted molar refractivity (Wildman–Crippen MR) is 166 cm³/mol. The fraction of sp³-hybridized carbons (Fsp3) is 0.294. The number of rotatable bonds is 9. The molecule has 4 amide bonds. The predicted octanol–water partition coefficient (Wildman–Crippen LogP) is 3.70. The van der Waals surface area contributed by atoms with Crippen molar-refractivity contribution in [2.24, 2.45) is 0 Å². The Bertz CT molecular complexity index is 1840. The van der Waals surface area contributed by atoms with Gasteiger partial charge in [-0.1, -0.05) is 18.2 Å². The van der Waals surface area contributed by atoms with Crippen LogP contribution in [0.1, 0.15) is 63.7 Å². The molecule has 5 heterocycles. The number of nitrogens with zero attached hydrogens (tertiary/aromatic N) is 4. The highest BCUT2D eigenvalue weighted by molar-refractivity contribution is 6.04. The van der Waals surface area contributed by atoms with Gasteiger partial charge in [0.1, 0.15) is 17.7 Å². The third-order valence-corrected chi connectivity index (χ3v) is 8.84. The highest BCUT2D eigenvalue weighted by Crippen LogP contribution is 2.36. The van der Waals surface area contributed by atoms with E-state index < -0.39 is 29.7 Å². The number of hydrogen-bond acceptors (Lipinski definition) is 7. The van der Waals surface area contributed by atoms with Crippen molar-refractivity contribution in [2.45, 2.75) is 63.7 Å². The maximum Gasteiger partial charge on any atom is 0.255 e. The second kappa shape index (κ2) is 12.2. The molecule has 7 rings (SSSR count). The summed E-state index contributed by atoms with van der Waals surface area (Å²) in [5.74, 6) is -1.59. The fourth-order valence-corrected chi connectivity index (χ4v) is 6.46. The van der Waals surface area contributed by atoms with Crippen LogP contribution in [0.3, 0.4) is 0 Å². The largest absolute Gasteiger partial charge is 0.374 e. The molecule has 0 saturated carbocycles. The molecule has 0 bridgehead atoms. The zero-order valence-corrected chi connectivity index (χ0v) is 25.0. The van der Waals surface area contributed by atoms with E-state index in [0.29, 0.717) is 42.8 Å². The number of hydrogen-bond donors (Lipinski definition) is 3. The lowest BCUT2D eigenvalue weighted by Gasteiger charge is -2.26. The molecule has 2 aromatic heterocycles. The lowest BCUT2D eigenvalue weighted by molar-refractivity contribution is -0.133. The number of piperidine rings is 1. The van der Waals surface area contributed by atoms with E-state index in [0.717, 1.165) is 36.3 Å². The Hall–Kier alpha value is -5.39. The number of carbonyl (C=O) groups excluding carboxylic acids is 4. The lowest BCUT2D eigenvalue weighted by Crippen LogP contribution is -2.47. The molecule has 12 heteroatoms. The van der Waals surface area contributed by atoms with Gasteiger partial charge in [-0.15, -0.1) is 0 Å². The van der Waals surface area contributed by atoms with E-state index >= 15 is 4.39 Å². The van der Waals surface area contributed by atoms with Crippen LogP contribution in [0.15, 0.2) is 67.1 Å². The molecular formula is C34H32FN7O4. The molecular weight excluding hydrogens is 589 g/mol. The third kappa shape index (κ3) is 5.73. The summed E-state index contributed by atoms with van der Waals surface area (Å²) in [6.07, 6.45) is 6.76. The lowest BCUT2D eigenvalue weighted by atomic mass is 9.99. The molecule has 1 saturated heterocycles. The maximum atomic E-state index is 15.6. The van der Waals surface area contributed by atoms with Crippen LogP contribution in [0.5, 0.6) is 0 Å². The topological polar surface area (TPSA) is 138 Å². The molecule has 3 aliphatic heterocycles. The molecule has 46 heavy (non-hydrogen) atoms. The Kier molecular flexibility index (Phi) is 7.77. The summed E-state index contributed by atoms with van der Waals surface area (Å²) in [6.45, 7) is 0.747. The molecule has 4 aromatic rings. The second-order valence-corrected chi connectivity index (χ2v) is 11.9. The van der Waals surface area contributed by atoms with Gasteiger partial charge in [0.2, 0.25) is 11.8 Å². The van der Waals surface area contributed by atoms with Gasteiger partial charge in [0.25, 0.3) is 11.8 Å². The van der Waals surface area contributed by atoms with Crippen molar-refractivity contribution >= 4 is 35.1 Å². The Morgan fingerprint density at radius 3 is 2.63 bits per heavy atom. The van der Waals surface area contributed by atoms with E-state index in [1.165, 1.54) is 11.0 Å². The summed E-state index contributed by atoms with van der Waals surface area (Å²) >= 11 is 0. The van der Waals surface area contributed by atoms with Crippen molar-refractivity contribution in [1.29, 1.82) is 0 Å². The number of aromatic nitrogens is 3. The van der Waals surface area contributed by atoms with Gasteiger partial charge in [0.05, 0.1) is 18.6 Å². The molecule has 2 aromatic carbocycles. The smallest absolute Gasteiger partial charge is 0.255 e. The highest BCUT2D eigenvalue weighted by Gasteiger charge is 2.42. The van der Waals surface area contributed by atoms with Crippen molar-refractivity contribution in [1.82, 2.24) is 24.8 Å². The van der Waals surface area contributed by atoms with Gasteiger partial charge in [-0.3, -0.25) is 24.5 Å². The summed E-state index contributed by atoms with van der Waals surface area (Å²) < 4.78 is 17.6. The number of aryl methyl sites for hydroxylation is 3. The number of benzene rings is 2. The van der Waals surface area contributed by atoms with E-state index in [9.17, 15) is 19.2 Å². The van der Waals surface area contributed by atoms with Gasteiger partial charge in [0.15, 0.2) is 6.04 Å². The molecule has 2 atom stereocenters. The van der Waals surface area contributed by atoms with E-state index in [1.807, 2.05) is 28.8 Å². The number of nitrogens with one attached hydrogen (secondary N) is 3. The molecule has 0 spiro atoms. The zero-order chi connectivity index (χ0) is 31.8. The standard InChI is InChI=1S/C34H32FN7O4/c35-25-17-21(7-6-20-8-10-22(11-9-20)38-26-12-13-29(43)40-32(26)44)16-23-24(25)18-42(34(23)46)31(30-27-4-3-15-41(27)19-37-30)33(45)39-28-5-1-2-14-36-28/h1-2,5,8-11,14,16-17,19,26,31,38H,3-4,6-7,12-13,15,18H2,(H,36,39,45)(H,40,43,44). The van der Waals surface area contributed by atoms with Crippen molar-refractivity contribution in [3.05, 3.63) is 107 Å². The van der Waals surface area contributed by atoms with Crippen LogP contribution in [-0.2, 0) is 46.7 Å². The summed E-state index contributed by atoms with van der Waals surface area (Å²) in [5, 5.41) is 8.31. The average molecular weight is 622 g/mol. The number of carbonyl (C=O) groups is 4. The third-order valence-electron chi connectivity index (χ3n) is 8.84. The number of imide groups is 1. The SMILES string of the molecule is O=C1CCC(Nc2ccc(CCc3cc(F)c4c(c3)C(=O)N(C(C(=O)Nc3ccccn3)c3ncn5c3CCC5)C4)cc2)C(=O)N1. The van der Waals surface area contributed by atoms with Crippen molar-refractivity contribution in [3.63, 3.8) is 0 Å². The van der Waals surface area contributed by atoms with Gasteiger partial charge in [0, 0.05) is 41.7 Å². The monoisotopic (exact) mass is 621 g/mol. The molecule has 3 aliphatic rings. The van der Waals surface area contributed by atoms with Gasteiger partial charge in [-0.25, -0.2) is 14.4 Å². The molecule has 1 fully saturated rings. The minimum atomic E-state index is -1.05. The number of pyridine rings is 1. The van der Waals surface area contributed by atoms with Gasteiger partial charge in [-0.2, -0.15) is 0 Å². The first-order valence-electron chi connectivity index (χ1n) is 15.4. The van der Waals surface area contributed by atoms with Crippen LogP contribution < -0.4 is 16.0 Å². The summed E-state index contributed by atoms with van der Waals surface area (Å²) in [5.41, 5.74) is 4.37. The van der Waals surface area contributed by atoms with Gasteiger partial charge < -0.3 is 20.1 Å². The van der Waals surface area contributed by atoms with Gasteiger partial charge >= 0.3 is 0 Å². The Labute approximate surface area is 264 Å². The summed E-state index contributed by atoms with van der Waals surface area (Å²) in [6, 6.07) is 14.4. The second-order valence-electron chi connectivity index (χ2n) is 11.9. The normalized spacial score (nSPS) is 17.8. The number of amides is 4. The summed E-state index contributed by atoms with van der Waals surface area (Å²) in [7, 11) is 0. The van der Waals surface area contributed by atoms with Crippen LogP contribution in [0.4, 0.5) is 15.9 Å². The van der Waals surface area contributed by atoms with E-state index in [4.69, 9.17) is 0 Å². The molecule has 0 radical (unpaired) electrons. The quantitative estimate of drug-likeness (QED) is 0.242. The van der Waals surface area contributed by atoms with Crippen LogP contribution in [0.2, 0.25) is 0 Å². The van der Waals surface area contributed by atoms with E-state index in [2.05, 4.69) is 25.9 Å². The van der Waals surface area contributed by atoms with Crippen molar-refractivity contribution < 1.29 is 23.6 Å². The van der Waals surface area contributed by atoms with E-state index in [-0.39, 0.29) is 29.5 Å². The first-order chi connectivity index (χ1) is 22.3.